The SMILES string of the molecule is CC(C)(OC=O)c1ccc2cc(Br)ccc2c1. The first-order chi connectivity index (χ1) is 8.03. The molecule has 0 spiro atoms. The number of benzene rings is 2. The van der Waals surface area contributed by atoms with Crippen LogP contribution in [0.25, 0.3) is 10.8 Å². The molecular formula is C14H13BrO2. The molecule has 0 saturated heterocycles. The molecule has 2 aromatic carbocycles. The number of fused-ring (bicyclic) bond motifs is 1. The van der Waals surface area contributed by atoms with Crippen molar-refractivity contribution in [2.75, 3.05) is 0 Å². The van der Waals surface area contributed by atoms with E-state index in [9.17, 15) is 4.79 Å². The molecule has 88 valence electrons. The van der Waals surface area contributed by atoms with Crippen molar-refractivity contribution in [3.05, 3.63) is 46.4 Å². The van der Waals surface area contributed by atoms with E-state index in [-0.39, 0.29) is 0 Å². The van der Waals surface area contributed by atoms with Crippen LogP contribution in [0.1, 0.15) is 19.4 Å². The smallest absolute Gasteiger partial charge is 0.293 e. The van der Waals surface area contributed by atoms with E-state index in [1.165, 1.54) is 0 Å². The van der Waals surface area contributed by atoms with Crippen LogP contribution in [-0.4, -0.2) is 6.47 Å². The molecule has 0 amide bonds. The van der Waals surface area contributed by atoms with Crippen LogP contribution in [0.3, 0.4) is 0 Å². The Morgan fingerprint density at radius 1 is 1.12 bits per heavy atom. The van der Waals surface area contributed by atoms with E-state index >= 15 is 0 Å². The summed E-state index contributed by atoms with van der Waals surface area (Å²) < 4.78 is 6.15. The fourth-order valence-electron chi connectivity index (χ4n) is 1.78. The summed E-state index contributed by atoms with van der Waals surface area (Å²) in [6.45, 7) is 4.24. The van der Waals surface area contributed by atoms with Gasteiger partial charge in [-0.05, 0) is 48.4 Å². The number of carbonyl (C=O) groups excluding carboxylic acids is 1. The van der Waals surface area contributed by atoms with Crippen molar-refractivity contribution in [2.24, 2.45) is 0 Å². The number of ether oxygens (including phenoxy) is 1. The predicted molar refractivity (Wildman–Crippen MR) is 71.8 cm³/mol. The van der Waals surface area contributed by atoms with Gasteiger partial charge in [-0.15, -0.1) is 0 Å². The van der Waals surface area contributed by atoms with Gasteiger partial charge < -0.3 is 4.74 Å². The average Bonchev–Trinajstić information content (AvgIpc) is 2.28. The van der Waals surface area contributed by atoms with Crippen LogP contribution < -0.4 is 0 Å². The van der Waals surface area contributed by atoms with Crippen LogP contribution in [0, 0.1) is 0 Å². The van der Waals surface area contributed by atoms with Gasteiger partial charge in [-0.2, -0.15) is 0 Å². The molecule has 2 aromatic rings. The molecule has 2 rings (SSSR count). The molecular weight excluding hydrogens is 280 g/mol. The Bertz CT molecular complexity index is 561. The summed E-state index contributed by atoms with van der Waals surface area (Å²) in [5, 5.41) is 2.29. The molecule has 2 nitrogen and oxygen atoms in total. The Balaban J connectivity index is 2.51. The Morgan fingerprint density at radius 2 is 1.76 bits per heavy atom. The second-order valence-electron chi connectivity index (χ2n) is 4.43. The summed E-state index contributed by atoms with van der Waals surface area (Å²) >= 11 is 3.44. The van der Waals surface area contributed by atoms with Crippen LogP contribution in [0.4, 0.5) is 0 Å². The highest BCUT2D eigenvalue weighted by molar-refractivity contribution is 9.10. The van der Waals surface area contributed by atoms with Gasteiger partial charge in [0.05, 0.1) is 0 Å². The maximum atomic E-state index is 10.5. The van der Waals surface area contributed by atoms with Crippen molar-refractivity contribution < 1.29 is 9.53 Å². The molecule has 0 radical (unpaired) electrons. The molecule has 3 heteroatoms. The van der Waals surface area contributed by atoms with E-state index in [1.54, 1.807) is 0 Å². The maximum Gasteiger partial charge on any atom is 0.293 e. The second kappa shape index (κ2) is 4.49. The zero-order chi connectivity index (χ0) is 12.5. The van der Waals surface area contributed by atoms with E-state index < -0.39 is 5.60 Å². The topological polar surface area (TPSA) is 26.3 Å². The largest absolute Gasteiger partial charge is 0.457 e. The number of carbonyl (C=O) groups is 1. The van der Waals surface area contributed by atoms with E-state index in [0.29, 0.717) is 6.47 Å². The first kappa shape index (κ1) is 12.1. The fraction of sp³-hybridized carbons (Fsp3) is 0.214. The third-order valence-electron chi connectivity index (χ3n) is 2.84. The van der Waals surface area contributed by atoms with Crippen LogP contribution in [0.2, 0.25) is 0 Å². The van der Waals surface area contributed by atoms with Crippen LogP contribution in [-0.2, 0) is 15.1 Å². The van der Waals surface area contributed by atoms with Crippen molar-refractivity contribution >= 4 is 33.2 Å². The van der Waals surface area contributed by atoms with Crippen LogP contribution in [0.15, 0.2) is 40.9 Å². The lowest BCUT2D eigenvalue weighted by atomic mass is 9.95. The highest BCUT2D eigenvalue weighted by atomic mass is 79.9. The lowest BCUT2D eigenvalue weighted by Gasteiger charge is -2.23. The van der Waals surface area contributed by atoms with Crippen molar-refractivity contribution in [1.82, 2.24) is 0 Å². The predicted octanol–water partition coefficient (Wildman–Crippen LogP) is 4.01. The third-order valence-corrected chi connectivity index (χ3v) is 3.33. The number of hydrogen-bond acceptors (Lipinski definition) is 2. The minimum absolute atomic E-state index is 0.492. The van der Waals surface area contributed by atoms with Crippen molar-refractivity contribution in [1.29, 1.82) is 0 Å². The van der Waals surface area contributed by atoms with Gasteiger partial charge in [0.25, 0.3) is 6.47 Å². The summed E-state index contributed by atoms with van der Waals surface area (Å²) in [4.78, 5) is 10.5. The molecule has 0 N–H and O–H groups in total. The summed E-state index contributed by atoms with van der Waals surface area (Å²) in [5.74, 6) is 0. The zero-order valence-corrected chi connectivity index (χ0v) is 11.3. The van der Waals surface area contributed by atoms with Crippen LogP contribution in [0.5, 0.6) is 0 Å². The standard InChI is InChI=1S/C14H13BrO2/c1-14(2,17-9-16)12-5-3-11-8-13(15)6-4-10(11)7-12/h3-9H,1-2H3. The molecule has 0 saturated carbocycles. The van der Waals surface area contributed by atoms with E-state index in [1.807, 2.05) is 44.2 Å². The Hall–Kier alpha value is -1.35. The molecule has 0 atom stereocenters. The lowest BCUT2D eigenvalue weighted by molar-refractivity contribution is -0.141. The van der Waals surface area contributed by atoms with Gasteiger partial charge in [0, 0.05) is 4.47 Å². The van der Waals surface area contributed by atoms with Gasteiger partial charge in [0.2, 0.25) is 0 Å². The molecule has 0 aromatic heterocycles. The fourth-order valence-corrected chi connectivity index (χ4v) is 2.16. The van der Waals surface area contributed by atoms with Gasteiger partial charge in [-0.1, -0.05) is 34.1 Å². The Kier molecular flexibility index (Phi) is 3.20. The van der Waals surface area contributed by atoms with Crippen molar-refractivity contribution in [3.63, 3.8) is 0 Å². The summed E-state index contributed by atoms with van der Waals surface area (Å²) in [6.07, 6.45) is 0. The molecule has 0 heterocycles. The second-order valence-corrected chi connectivity index (χ2v) is 5.35. The van der Waals surface area contributed by atoms with Gasteiger partial charge in [-0.3, -0.25) is 4.79 Å². The zero-order valence-electron chi connectivity index (χ0n) is 9.74. The Labute approximate surface area is 109 Å². The quantitative estimate of drug-likeness (QED) is 0.799. The highest BCUT2D eigenvalue weighted by Crippen LogP contribution is 2.28. The molecule has 0 aliphatic carbocycles. The molecule has 17 heavy (non-hydrogen) atoms. The third kappa shape index (κ3) is 2.50. The molecule has 0 bridgehead atoms. The molecule has 0 aliphatic heterocycles. The number of hydrogen-bond donors (Lipinski definition) is 0. The highest BCUT2D eigenvalue weighted by Gasteiger charge is 2.21. The first-order valence-corrected chi connectivity index (χ1v) is 6.13. The molecule has 0 aliphatic rings. The average molecular weight is 293 g/mol. The number of halogens is 1. The van der Waals surface area contributed by atoms with Gasteiger partial charge in [0.1, 0.15) is 5.60 Å². The van der Waals surface area contributed by atoms with Crippen LogP contribution >= 0.6 is 15.9 Å². The molecule has 0 fully saturated rings. The summed E-state index contributed by atoms with van der Waals surface area (Å²) in [6, 6.07) is 12.2. The molecule has 0 unspecified atom stereocenters. The van der Waals surface area contributed by atoms with Gasteiger partial charge in [-0.25, -0.2) is 0 Å². The van der Waals surface area contributed by atoms with E-state index in [4.69, 9.17) is 4.74 Å². The number of rotatable bonds is 3. The normalized spacial score (nSPS) is 11.5. The van der Waals surface area contributed by atoms with Gasteiger partial charge >= 0.3 is 0 Å². The summed E-state index contributed by atoms with van der Waals surface area (Å²) in [5.41, 5.74) is 0.391. The van der Waals surface area contributed by atoms with Crippen molar-refractivity contribution in [2.45, 2.75) is 19.4 Å². The maximum absolute atomic E-state index is 10.5. The Morgan fingerprint density at radius 3 is 2.47 bits per heavy atom. The lowest BCUT2D eigenvalue weighted by Crippen LogP contribution is -2.20. The minimum atomic E-state index is -0.594. The van der Waals surface area contributed by atoms with E-state index in [0.717, 1.165) is 20.8 Å². The monoisotopic (exact) mass is 292 g/mol. The first-order valence-electron chi connectivity index (χ1n) is 5.34. The summed E-state index contributed by atoms with van der Waals surface area (Å²) in [7, 11) is 0. The van der Waals surface area contributed by atoms with Crippen molar-refractivity contribution in [3.8, 4) is 0 Å². The van der Waals surface area contributed by atoms with Gasteiger partial charge in [0.15, 0.2) is 0 Å². The van der Waals surface area contributed by atoms with E-state index in [2.05, 4.69) is 22.0 Å². The minimum Gasteiger partial charge on any atom is -0.457 e.